The van der Waals surface area contributed by atoms with Crippen LogP contribution in [0.25, 0.3) is 86.2 Å². The van der Waals surface area contributed by atoms with Crippen molar-refractivity contribution >= 4 is 86.2 Å². The Morgan fingerprint density at radius 2 is 0.750 bits per heavy atom. The van der Waals surface area contributed by atoms with Gasteiger partial charge in [-0.15, -0.1) is 0 Å². The quantitative estimate of drug-likeness (QED) is 0.176. The van der Waals surface area contributed by atoms with E-state index in [1.165, 1.54) is 86.2 Å². The summed E-state index contributed by atoms with van der Waals surface area (Å²) in [5, 5.41) is 22.2. The third-order valence-electron chi connectivity index (χ3n) is 7.86. The molecule has 0 aliphatic carbocycles. The highest BCUT2D eigenvalue weighted by Crippen LogP contribution is 2.52. The van der Waals surface area contributed by atoms with Gasteiger partial charge < -0.3 is 0 Å². The molecule has 0 unspecified atom stereocenters. The number of fused-ring (bicyclic) bond motifs is 5. The number of hydrogen-bond acceptors (Lipinski definition) is 0. The second-order valence-electron chi connectivity index (χ2n) is 9.24. The van der Waals surface area contributed by atoms with E-state index < -0.39 is 0 Å². The van der Waals surface area contributed by atoms with Gasteiger partial charge in [0.25, 0.3) is 0 Å². The van der Waals surface area contributed by atoms with Gasteiger partial charge in [-0.05, 0) is 92.2 Å². The molecule has 9 aromatic rings. The Balaban J connectivity index is 1.85. The normalized spacial score (nSPS) is 13.0. The summed E-state index contributed by atoms with van der Waals surface area (Å²) in [6.07, 6.45) is 0. The van der Waals surface area contributed by atoms with Gasteiger partial charge in [-0.1, -0.05) is 91.0 Å². The van der Waals surface area contributed by atoms with E-state index >= 15 is 0 Å². The van der Waals surface area contributed by atoms with Crippen molar-refractivity contribution in [3.8, 4) is 0 Å². The van der Waals surface area contributed by atoms with Gasteiger partial charge in [0.1, 0.15) is 0 Å². The van der Waals surface area contributed by atoms with E-state index in [2.05, 4.69) is 97.1 Å². The highest BCUT2D eigenvalue weighted by atomic mass is 14.2. The Morgan fingerprint density at radius 1 is 0.250 bits per heavy atom. The van der Waals surface area contributed by atoms with Crippen LogP contribution in [0.5, 0.6) is 0 Å². The molecule has 0 nitrogen and oxygen atoms in total. The maximum atomic E-state index is 2.45. The molecule has 0 radical (unpaired) electrons. The maximum Gasteiger partial charge on any atom is -0.000116 e. The third-order valence-corrected chi connectivity index (χ3v) is 7.86. The lowest BCUT2D eigenvalue weighted by atomic mass is 9.80. The van der Waals surface area contributed by atoms with Crippen LogP contribution in [0.1, 0.15) is 0 Å². The van der Waals surface area contributed by atoms with Gasteiger partial charge in [0.2, 0.25) is 0 Å². The molecule has 0 aliphatic rings. The fourth-order valence-electron chi connectivity index (χ4n) is 6.71. The molecule has 0 bridgehead atoms. The van der Waals surface area contributed by atoms with E-state index in [1.54, 1.807) is 0 Å². The lowest BCUT2D eigenvalue weighted by Gasteiger charge is -2.23. The monoisotopic (exact) mass is 400 g/mol. The predicted octanol–water partition coefficient (Wildman–Crippen LogP) is 9.23. The molecular weight excluding hydrogens is 384 g/mol. The fourth-order valence-corrected chi connectivity index (χ4v) is 6.71. The molecule has 0 heterocycles. The second kappa shape index (κ2) is 5.00. The molecule has 0 heteroatoms. The van der Waals surface area contributed by atoms with Gasteiger partial charge in [0, 0.05) is 0 Å². The minimum atomic E-state index is 1.33. The minimum absolute atomic E-state index is 1.33. The van der Waals surface area contributed by atoms with Crippen molar-refractivity contribution in [2.45, 2.75) is 0 Å². The Morgan fingerprint density at radius 3 is 1.47 bits per heavy atom. The van der Waals surface area contributed by atoms with Crippen LogP contribution in [-0.4, -0.2) is 0 Å². The molecule has 9 rings (SSSR count). The highest BCUT2D eigenvalue weighted by Gasteiger charge is 2.23. The molecule has 0 spiro atoms. The average molecular weight is 400 g/mol. The van der Waals surface area contributed by atoms with E-state index in [0.29, 0.717) is 0 Å². The average Bonchev–Trinajstić information content (AvgIpc) is 2.86. The van der Waals surface area contributed by atoms with E-state index in [9.17, 15) is 0 Å². The van der Waals surface area contributed by atoms with Gasteiger partial charge >= 0.3 is 0 Å². The van der Waals surface area contributed by atoms with Crippen LogP contribution in [0.4, 0.5) is 0 Å². The molecule has 0 N–H and O–H groups in total. The summed E-state index contributed by atoms with van der Waals surface area (Å²) in [4.78, 5) is 0. The Hall–Kier alpha value is -4.16. The summed E-state index contributed by atoms with van der Waals surface area (Å²) >= 11 is 0. The zero-order valence-corrected chi connectivity index (χ0v) is 17.2. The number of hydrogen-bond donors (Lipinski definition) is 0. The molecule has 0 aliphatic heterocycles. The van der Waals surface area contributed by atoms with E-state index in [0.717, 1.165) is 0 Å². The molecular formula is C32H16. The minimum Gasteiger partial charge on any atom is -0.0616 e. The smallest absolute Gasteiger partial charge is 0.000116 e. The molecule has 0 atom stereocenters. The first-order valence-electron chi connectivity index (χ1n) is 11.3. The molecule has 144 valence electrons. The molecule has 0 saturated heterocycles. The Bertz CT molecular complexity index is 2180. The predicted molar refractivity (Wildman–Crippen MR) is 140 cm³/mol. The van der Waals surface area contributed by atoms with E-state index in [1.807, 2.05) is 0 Å². The van der Waals surface area contributed by atoms with Crippen molar-refractivity contribution in [3.05, 3.63) is 97.1 Å². The zero-order valence-electron chi connectivity index (χ0n) is 17.2. The summed E-state index contributed by atoms with van der Waals surface area (Å²) in [5.41, 5.74) is 0. The van der Waals surface area contributed by atoms with Crippen molar-refractivity contribution in [2.75, 3.05) is 0 Å². The van der Waals surface area contributed by atoms with Crippen LogP contribution in [0, 0.1) is 0 Å². The Labute approximate surface area is 183 Å². The summed E-state index contributed by atoms with van der Waals surface area (Å²) < 4.78 is 0. The number of rotatable bonds is 0. The van der Waals surface area contributed by atoms with Crippen molar-refractivity contribution < 1.29 is 0 Å². The first-order chi connectivity index (χ1) is 15.9. The maximum absolute atomic E-state index is 2.45. The molecule has 0 amide bonds. The highest BCUT2D eigenvalue weighted by molar-refractivity contribution is 6.50. The largest absolute Gasteiger partial charge is 0.0616 e. The van der Waals surface area contributed by atoms with Gasteiger partial charge in [-0.25, -0.2) is 0 Å². The molecule has 0 aromatic heterocycles. The zero-order chi connectivity index (χ0) is 20.6. The molecule has 32 heavy (non-hydrogen) atoms. The first kappa shape index (κ1) is 15.6. The molecule has 0 fully saturated rings. The standard InChI is InChI=1S/C32H16/c1-2-8-20-19(7-1)21-10-4-12-24-25-13-5-11-23-22-9-3-6-17-14-15-18-16-26(20)31(29(21)24)32(30(23)25)28(18)27(17)22/h1-16H. The second-order valence-corrected chi connectivity index (χ2v) is 9.24. The fraction of sp³-hybridized carbons (Fsp3) is 0. The van der Waals surface area contributed by atoms with Gasteiger partial charge in [0.05, 0.1) is 0 Å². The SMILES string of the molecule is c1ccc2c(c1)c1cccc3c4cccc5c6cccc7ccc8cc2c(c13)c(c54)c8c76. The van der Waals surface area contributed by atoms with Crippen LogP contribution in [0.15, 0.2) is 97.1 Å². The van der Waals surface area contributed by atoms with Crippen LogP contribution in [0.2, 0.25) is 0 Å². The summed E-state index contributed by atoms with van der Waals surface area (Å²) in [7, 11) is 0. The van der Waals surface area contributed by atoms with Crippen molar-refractivity contribution in [1.82, 2.24) is 0 Å². The number of benzene rings is 9. The first-order valence-corrected chi connectivity index (χ1v) is 11.3. The van der Waals surface area contributed by atoms with Gasteiger partial charge in [0.15, 0.2) is 0 Å². The Kier molecular flexibility index (Phi) is 2.44. The summed E-state index contributed by atoms with van der Waals surface area (Å²) in [5.74, 6) is 0. The van der Waals surface area contributed by atoms with Gasteiger partial charge in [-0.2, -0.15) is 0 Å². The van der Waals surface area contributed by atoms with Crippen molar-refractivity contribution in [2.24, 2.45) is 0 Å². The summed E-state index contributed by atoms with van der Waals surface area (Å²) in [6.45, 7) is 0. The van der Waals surface area contributed by atoms with Crippen LogP contribution < -0.4 is 0 Å². The topological polar surface area (TPSA) is 0 Å². The van der Waals surface area contributed by atoms with Gasteiger partial charge in [-0.3, -0.25) is 0 Å². The van der Waals surface area contributed by atoms with E-state index in [4.69, 9.17) is 0 Å². The third kappa shape index (κ3) is 1.54. The van der Waals surface area contributed by atoms with Crippen LogP contribution in [0.3, 0.4) is 0 Å². The van der Waals surface area contributed by atoms with E-state index in [-0.39, 0.29) is 0 Å². The van der Waals surface area contributed by atoms with Crippen molar-refractivity contribution in [1.29, 1.82) is 0 Å². The van der Waals surface area contributed by atoms with Crippen LogP contribution >= 0.6 is 0 Å². The lowest BCUT2D eigenvalue weighted by Crippen LogP contribution is -1.94. The van der Waals surface area contributed by atoms with Crippen LogP contribution in [-0.2, 0) is 0 Å². The van der Waals surface area contributed by atoms with Crippen molar-refractivity contribution in [3.63, 3.8) is 0 Å². The summed E-state index contributed by atoms with van der Waals surface area (Å²) in [6, 6.07) is 36.5. The molecule has 9 aromatic carbocycles. The molecule has 0 saturated carbocycles. The lowest BCUT2D eigenvalue weighted by molar-refractivity contribution is 1.80.